The molecule has 0 spiro atoms. The Morgan fingerprint density at radius 2 is 2.00 bits per heavy atom. The minimum atomic E-state index is -0.464. The first-order valence-electron chi connectivity index (χ1n) is 9.06. The summed E-state index contributed by atoms with van der Waals surface area (Å²) < 4.78 is 9.41. The zero-order chi connectivity index (χ0) is 19.5. The number of nitro groups is 1. The molecule has 0 aliphatic heterocycles. The molecule has 1 aliphatic carbocycles. The van der Waals surface area contributed by atoms with Crippen LogP contribution in [0.3, 0.4) is 0 Å². The second-order valence-corrected chi connectivity index (χ2v) is 7.59. The predicted molar refractivity (Wildman–Crippen MR) is 104 cm³/mol. The zero-order valence-electron chi connectivity index (χ0n) is 15.4. The summed E-state index contributed by atoms with van der Waals surface area (Å²) in [5.74, 6) is 2.04. The number of hydrogen-bond acceptors (Lipinski definition) is 7. The Labute approximate surface area is 165 Å². The Kier molecular flexibility index (Phi) is 5.29. The quantitative estimate of drug-likeness (QED) is 0.339. The van der Waals surface area contributed by atoms with Gasteiger partial charge in [0.1, 0.15) is 18.1 Å². The van der Waals surface area contributed by atoms with E-state index in [1.54, 1.807) is 0 Å². The first-order valence-corrected chi connectivity index (χ1v) is 10.0. The smallest absolute Gasteiger partial charge is 0.307 e. The molecule has 3 aromatic rings. The lowest BCUT2D eigenvalue weighted by atomic mass is 10.2. The molecule has 146 valence electrons. The van der Waals surface area contributed by atoms with Crippen LogP contribution in [0.4, 0.5) is 5.69 Å². The van der Waals surface area contributed by atoms with Crippen molar-refractivity contribution in [3.63, 3.8) is 0 Å². The molecule has 0 unspecified atom stereocenters. The Morgan fingerprint density at radius 1 is 1.25 bits per heavy atom. The summed E-state index contributed by atoms with van der Waals surface area (Å²) in [6, 6.07) is 7.91. The van der Waals surface area contributed by atoms with Crippen molar-refractivity contribution in [1.29, 1.82) is 0 Å². The second-order valence-electron chi connectivity index (χ2n) is 6.68. The number of hydrogen-bond donors (Lipinski definition) is 0. The Balaban J connectivity index is 1.41. The average Bonchev–Trinajstić information content (AvgIpc) is 3.43. The van der Waals surface area contributed by atoms with E-state index in [1.165, 1.54) is 41.7 Å². The maximum atomic E-state index is 10.7. The highest BCUT2D eigenvalue weighted by Gasteiger charge is 2.17. The fourth-order valence-corrected chi connectivity index (χ4v) is 3.98. The highest BCUT2D eigenvalue weighted by molar-refractivity contribution is 7.98. The molecule has 4 rings (SSSR count). The predicted octanol–water partition coefficient (Wildman–Crippen LogP) is 3.66. The van der Waals surface area contributed by atoms with Gasteiger partial charge in [0.25, 0.3) is 0 Å². The van der Waals surface area contributed by atoms with Crippen LogP contribution in [0.15, 0.2) is 41.8 Å². The Bertz CT molecular complexity index is 962. The highest BCUT2D eigenvalue weighted by Crippen LogP contribution is 2.28. The van der Waals surface area contributed by atoms with Gasteiger partial charge in [-0.3, -0.25) is 14.8 Å². The molecule has 28 heavy (non-hydrogen) atoms. The van der Waals surface area contributed by atoms with E-state index in [-0.39, 0.29) is 5.69 Å². The van der Waals surface area contributed by atoms with Crippen LogP contribution in [0.25, 0.3) is 11.4 Å². The minimum absolute atomic E-state index is 0.0285. The number of thioether (sulfide) groups is 1. The van der Waals surface area contributed by atoms with E-state index in [4.69, 9.17) is 4.74 Å². The number of rotatable bonds is 7. The maximum absolute atomic E-state index is 10.7. The molecule has 9 nitrogen and oxygen atoms in total. The van der Waals surface area contributed by atoms with Gasteiger partial charge in [0.05, 0.1) is 16.9 Å². The fraction of sp³-hybridized carbons (Fsp3) is 0.389. The van der Waals surface area contributed by atoms with Crippen LogP contribution in [0.2, 0.25) is 0 Å². The largest absolute Gasteiger partial charge is 0.490 e. The molecule has 1 fully saturated rings. The first-order chi connectivity index (χ1) is 13.6. The van der Waals surface area contributed by atoms with Crippen molar-refractivity contribution in [3.05, 3.63) is 46.8 Å². The number of nitrogens with zero attached hydrogens (tertiary/aromatic N) is 6. The van der Waals surface area contributed by atoms with E-state index >= 15 is 0 Å². The summed E-state index contributed by atoms with van der Waals surface area (Å²) in [6.07, 6.45) is 7.71. The van der Waals surface area contributed by atoms with Crippen molar-refractivity contribution in [2.45, 2.75) is 42.8 Å². The van der Waals surface area contributed by atoms with E-state index in [1.807, 2.05) is 35.9 Å². The third-order valence-electron chi connectivity index (χ3n) is 4.71. The van der Waals surface area contributed by atoms with Crippen molar-refractivity contribution >= 4 is 17.4 Å². The molecule has 2 aromatic heterocycles. The number of aromatic nitrogens is 5. The van der Waals surface area contributed by atoms with Gasteiger partial charge in [0.2, 0.25) is 0 Å². The van der Waals surface area contributed by atoms with Gasteiger partial charge < -0.3 is 9.30 Å². The molecule has 2 heterocycles. The van der Waals surface area contributed by atoms with Crippen LogP contribution in [0, 0.1) is 10.1 Å². The van der Waals surface area contributed by atoms with Crippen LogP contribution in [-0.4, -0.2) is 35.6 Å². The lowest BCUT2D eigenvalue weighted by Gasteiger charge is -2.13. The molecular formula is C18H20N6O3S. The summed E-state index contributed by atoms with van der Waals surface area (Å²) in [6.45, 7) is 0. The molecule has 0 radical (unpaired) electrons. The van der Waals surface area contributed by atoms with Crippen molar-refractivity contribution in [2.24, 2.45) is 7.05 Å². The molecule has 10 heteroatoms. The van der Waals surface area contributed by atoms with E-state index in [0.29, 0.717) is 17.1 Å². The standard InChI is InChI=1S/C18H20N6O3S/c1-22-17(13-6-8-16(9-7-13)27-15-4-2-3-5-15)20-21-18(22)28-12-23-11-14(10-19-23)24(25)26/h6-11,15H,2-5,12H2,1H3. The van der Waals surface area contributed by atoms with Gasteiger partial charge in [-0.1, -0.05) is 11.8 Å². The molecule has 0 amide bonds. The summed E-state index contributed by atoms with van der Waals surface area (Å²) in [5, 5.41) is 23.9. The summed E-state index contributed by atoms with van der Waals surface area (Å²) in [7, 11) is 1.89. The maximum Gasteiger partial charge on any atom is 0.307 e. The first kappa shape index (κ1) is 18.5. The topological polar surface area (TPSA) is 101 Å². The van der Waals surface area contributed by atoms with Crippen LogP contribution >= 0.6 is 11.8 Å². The van der Waals surface area contributed by atoms with Crippen LogP contribution < -0.4 is 4.74 Å². The van der Waals surface area contributed by atoms with E-state index in [9.17, 15) is 10.1 Å². The molecule has 0 saturated heterocycles. The fourth-order valence-electron chi connectivity index (χ4n) is 3.21. The molecular weight excluding hydrogens is 380 g/mol. The monoisotopic (exact) mass is 400 g/mol. The summed E-state index contributed by atoms with van der Waals surface area (Å²) >= 11 is 1.41. The molecule has 1 aromatic carbocycles. The van der Waals surface area contributed by atoms with Crippen molar-refractivity contribution in [1.82, 2.24) is 24.5 Å². The van der Waals surface area contributed by atoms with Crippen molar-refractivity contribution < 1.29 is 9.66 Å². The average molecular weight is 400 g/mol. The van der Waals surface area contributed by atoms with Gasteiger partial charge in [-0.2, -0.15) is 5.10 Å². The van der Waals surface area contributed by atoms with Crippen LogP contribution in [-0.2, 0) is 12.9 Å². The zero-order valence-corrected chi connectivity index (χ0v) is 16.2. The van der Waals surface area contributed by atoms with E-state index in [0.717, 1.165) is 30.0 Å². The van der Waals surface area contributed by atoms with Gasteiger partial charge in [-0.25, -0.2) is 0 Å². The van der Waals surface area contributed by atoms with E-state index in [2.05, 4.69) is 15.3 Å². The third-order valence-corrected chi connectivity index (χ3v) is 5.72. The van der Waals surface area contributed by atoms with Gasteiger partial charge in [-0.15, -0.1) is 10.2 Å². The van der Waals surface area contributed by atoms with Crippen LogP contribution in [0.1, 0.15) is 25.7 Å². The number of ether oxygens (including phenoxy) is 1. The third kappa shape index (κ3) is 4.01. The summed E-state index contributed by atoms with van der Waals surface area (Å²) in [4.78, 5) is 10.3. The van der Waals surface area contributed by atoms with Gasteiger partial charge in [0.15, 0.2) is 11.0 Å². The Hall–Kier alpha value is -2.88. The molecule has 0 bridgehead atoms. The second kappa shape index (κ2) is 8.01. The Morgan fingerprint density at radius 3 is 2.68 bits per heavy atom. The molecule has 1 saturated carbocycles. The lowest BCUT2D eigenvalue weighted by Crippen LogP contribution is -2.10. The van der Waals surface area contributed by atoms with Gasteiger partial charge >= 0.3 is 5.69 Å². The molecule has 0 N–H and O–H groups in total. The van der Waals surface area contributed by atoms with E-state index < -0.39 is 4.92 Å². The van der Waals surface area contributed by atoms with Gasteiger partial charge in [-0.05, 0) is 49.9 Å². The molecule has 0 atom stereocenters. The summed E-state index contributed by atoms with van der Waals surface area (Å²) in [5.41, 5.74) is 0.925. The van der Waals surface area contributed by atoms with Crippen LogP contribution in [0.5, 0.6) is 5.75 Å². The van der Waals surface area contributed by atoms with Crippen molar-refractivity contribution in [3.8, 4) is 17.1 Å². The highest BCUT2D eigenvalue weighted by atomic mass is 32.2. The number of benzene rings is 1. The SMILES string of the molecule is Cn1c(SCn2cc([N+](=O)[O-])cn2)nnc1-c1ccc(OC2CCCC2)cc1. The molecule has 1 aliphatic rings. The minimum Gasteiger partial charge on any atom is -0.490 e. The normalized spacial score (nSPS) is 14.5. The van der Waals surface area contributed by atoms with Crippen molar-refractivity contribution in [2.75, 3.05) is 0 Å². The lowest BCUT2D eigenvalue weighted by molar-refractivity contribution is -0.385. The van der Waals surface area contributed by atoms with Gasteiger partial charge in [0, 0.05) is 12.6 Å².